The van der Waals surface area contributed by atoms with Crippen molar-refractivity contribution in [1.82, 2.24) is 0 Å². The molecule has 3 nitrogen and oxygen atoms in total. The van der Waals surface area contributed by atoms with Crippen molar-refractivity contribution in [3.63, 3.8) is 0 Å². The Kier molecular flexibility index (Phi) is 3.47. The fourth-order valence-electron chi connectivity index (χ4n) is 2.37. The van der Waals surface area contributed by atoms with Crippen molar-refractivity contribution in [3.05, 3.63) is 42.0 Å². The lowest BCUT2D eigenvalue weighted by Crippen LogP contribution is -1.95. The number of hydrogen-bond donors (Lipinski definition) is 2. The van der Waals surface area contributed by atoms with Crippen LogP contribution in [-0.2, 0) is 0 Å². The summed E-state index contributed by atoms with van der Waals surface area (Å²) < 4.78 is 0. The molecule has 0 radical (unpaired) electrons. The minimum atomic E-state index is -1.11. The highest BCUT2D eigenvalue weighted by atomic mass is 16.4. The summed E-state index contributed by atoms with van der Waals surface area (Å²) in [7, 11) is 0. The highest BCUT2D eigenvalue weighted by Gasteiger charge is 2.25. The summed E-state index contributed by atoms with van der Waals surface area (Å²) in [4.78, 5) is 10.3. The summed E-state index contributed by atoms with van der Waals surface area (Å²) >= 11 is 0. The molecule has 2 atom stereocenters. The van der Waals surface area contributed by atoms with E-state index >= 15 is 0 Å². The molecule has 0 saturated heterocycles. The Labute approximate surface area is 100 Å². The lowest BCUT2D eigenvalue weighted by molar-refractivity contribution is 0.0694. The van der Waals surface area contributed by atoms with Gasteiger partial charge in [-0.3, -0.25) is 0 Å². The van der Waals surface area contributed by atoms with Gasteiger partial charge in [0.1, 0.15) is 11.3 Å². The van der Waals surface area contributed by atoms with E-state index in [2.05, 4.69) is 12.2 Å². The smallest absolute Gasteiger partial charge is 0.339 e. The molecule has 17 heavy (non-hydrogen) atoms. The fourth-order valence-corrected chi connectivity index (χ4v) is 2.37. The van der Waals surface area contributed by atoms with E-state index in [9.17, 15) is 4.79 Å². The van der Waals surface area contributed by atoms with E-state index in [0.29, 0.717) is 0 Å². The zero-order valence-electron chi connectivity index (χ0n) is 9.54. The third-order valence-corrected chi connectivity index (χ3v) is 3.30. The van der Waals surface area contributed by atoms with Gasteiger partial charge in [-0.15, -0.1) is 0 Å². The van der Waals surface area contributed by atoms with E-state index in [0.717, 1.165) is 11.8 Å². The molecular formula is C14H16O3. The molecule has 0 spiro atoms. The van der Waals surface area contributed by atoms with E-state index in [-0.39, 0.29) is 11.3 Å². The molecule has 1 saturated carbocycles. The summed E-state index contributed by atoms with van der Waals surface area (Å²) in [5, 5.41) is 17.3. The van der Waals surface area contributed by atoms with Crippen LogP contribution in [0.15, 0.2) is 36.4 Å². The van der Waals surface area contributed by atoms with Gasteiger partial charge >= 0.3 is 5.97 Å². The molecule has 3 rings (SSSR count). The average molecular weight is 232 g/mol. The van der Waals surface area contributed by atoms with Crippen LogP contribution >= 0.6 is 0 Å². The van der Waals surface area contributed by atoms with Gasteiger partial charge in [-0.25, -0.2) is 4.79 Å². The second-order valence-corrected chi connectivity index (χ2v) is 4.54. The van der Waals surface area contributed by atoms with Crippen LogP contribution in [0.2, 0.25) is 0 Å². The molecule has 2 N–H and O–H groups in total. The maximum absolute atomic E-state index is 10.3. The first-order chi connectivity index (χ1) is 8.16. The quantitative estimate of drug-likeness (QED) is 0.731. The van der Waals surface area contributed by atoms with Crippen molar-refractivity contribution in [2.24, 2.45) is 11.8 Å². The van der Waals surface area contributed by atoms with Gasteiger partial charge < -0.3 is 10.2 Å². The fraction of sp³-hybridized carbons (Fsp3) is 0.357. The first-order valence-electron chi connectivity index (χ1n) is 5.86. The van der Waals surface area contributed by atoms with Crippen LogP contribution in [-0.4, -0.2) is 16.2 Å². The first-order valence-corrected chi connectivity index (χ1v) is 5.86. The normalized spacial score (nSPS) is 24.2. The summed E-state index contributed by atoms with van der Waals surface area (Å²) in [5.74, 6) is 0.670. The molecule has 0 aromatic heterocycles. The number of carboxylic acid groups (broad SMARTS) is 1. The Bertz CT molecular complexity index is 425. The van der Waals surface area contributed by atoms with Crippen molar-refractivity contribution < 1.29 is 15.0 Å². The van der Waals surface area contributed by atoms with E-state index in [4.69, 9.17) is 10.2 Å². The molecule has 2 bridgehead atoms. The van der Waals surface area contributed by atoms with Crippen LogP contribution in [0.1, 0.15) is 29.6 Å². The SMILES string of the molecule is C1=CC2CCC1C2.O=C(O)c1ccccc1O. The van der Waals surface area contributed by atoms with Gasteiger partial charge in [-0.2, -0.15) is 0 Å². The van der Waals surface area contributed by atoms with Crippen LogP contribution in [0, 0.1) is 11.8 Å². The Morgan fingerprint density at radius 3 is 2.00 bits per heavy atom. The van der Waals surface area contributed by atoms with Gasteiger partial charge in [0.2, 0.25) is 0 Å². The van der Waals surface area contributed by atoms with Crippen molar-refractivity contribution >= 4 is 5.97 Å². The number of phenols is 1. The molecule has 0 heterocycles. The predicted octanol–water partition coefficient (Wildman–Crippen LogP) is 3.06. The largest absolute Gasteiger partial charge is 0.507 e. The van der Waals surface area contributed by atoms with Gasteiger partial charge in [0.15, 0.2) is 0 Å². The molecule has 90 valence electrons. The van der Waals surface area contributed by atoms with E-state index in [1.54, 1.807) is 12.1 Å². The summed E-state index contributed by atoms with van der Waals surface area (Å²) in [5.41, 5.74) is -0.0671. The number of aromatic hydroxyl groups is 1. The van der Waals surface area contributed by atoms with Crippen molar-refractivity contribution in [2.45, 2.75) is 19.3 Å². The Balaban J connectivity index is 0.000000134. The second-order valence-electron chi connectivity index (χ2n) is 4.54. The summed E-state index contributed by atoms with van der Waals surface area (Å²) in [6.45, 7) is 0. The van der Waals surface area contributed by atoms with Crippen LogP contribution < -0.4 is 0 Å². The lowest BCUT2D eigenvalue weighted by atomic mass is 10.1. The van der Waals surface area contributed by atoms with Gasteiger partial charge in [0.05, 0.1) is 0 Å². The molecule has 3 heteroatoms. The molecule has 2 unspecified atom stereocenters. The minimum absolute atomic E-state index is 0.0671. The molecule has 1 aromatic rings. The van der Waals surface area contributed by atoms with Crippen LogP contribution in [0.5, 0.6) is 5.75 Å². The number of allylic oxidation sites excluding steroid dienone is 2. The third-order valence-electron chi connectivity index (χ3n) is 3.30. The number of fused-ring (bicyclic) bond motifs is 2. The molecule has 2 aliphatic carbocycles. The first kappa shape index (κ1) is 11.7. The van der Waals surface area contributed by atoms with Crippen LogP contribution in [0.4, 0.5) is 0 Å². The van der Waals surface area contributed by atoms with E-state index < -0.39 is 5.97 Å². The predicted molar refractivity (Wildman–Crippen MR) is 65.0 cm³/mol. The number of carbonyl (C=O) groups is 1. The number of aromatic carboxylic acids is 1. The number of rotatable bonds is 1. The Hall–Kier alpha value is -1.77. The topological polar surface area (TPSA) is 57.5 Å². The highest BCUT2D eigenvalue weighted by molar-refractivity contribution is 5.90. The number of para-hydroxylation sites is 1. The van der Waals surface area contributed by atoms with Gasteiger partial charge in [0.25, 0.3) is 0 Å². The van der Waals surface area contributed by atoms with Crippen molar-refractivity contribution in [1.29, 1.82) is 0 Å². The highest BCUT2D eigenvalue weighted by Crippen LogP contribution is 2.38. The van der Waals surface area contributed by atoms with Gasteiger partial charge in [-0.1, -0.05) is 24.3 Å². The molecule has 0 amide bonds. The van der Waals surface area contributed by atoms with E-state index in [1.807, 2.05) is 0 Å². The minimum Gasteiger partial charge on any atom is -0.507 e. The number of carboxylic acids is 1. The molecule has 1 fully saturated rings. The maximum atomic E-state index is 10.3. The zero-order valence-corrected chi connectivity index (χ0v) is 9.54. The second kappa shape index (κ2) is 5.04. The molecule has 0 aliphatic heterocycles. The summed E-state index contributed by atoms with van der Waals surface area (Å²) in [6, 6.07) is 5.81. The van der Waals surface area contributed by atoms with E-state index in [1.165, 1.54) is 31.4 Å². The number of hydrogen-bond acceptors (Lipinski definition) is 2. The summed E-state index contributed by atoms with van der Waals surface area (Å²) in [6.07, 6.45) is 9.19. The van der Waals surface area contributed by atoms with Gasteiger partial charge in [0, 0.05) is 0 Å². The Morgan fingerprint density at radius 1 is 1.12 bits per heavy atom. The molecule has 2 aliphatic rings. The zero-order chi connectivity index (χ0) is 12.3. The van der Waals surface area contributed by atoms with Gasteiger partial charge in [-0.05, 0) is 43.2 Å². The molecular weight excluding hydrogens is 216 g/mol. The Morgan fingerprint density at radius 2 is 1.71 bits per heavy atom. The monoisotopic (exact) mass is 232 g/mol. The lowest BCUT2D eigenvalue weighted by Gasteiger charge is -1.96. The average Bonchev–Trinajstić information content (AvgIpc) is 2.94. The maximum Gasteiger partial charge on any atom is 0.339 e. The van der Waals surface area contributed by atoms with Crippen molar-refractivity contribution in [3.8, 4) is 5.75 Å². The molecule has 1 aromatic carbocycles. The number of benzene rings is 1. The third kappa shape index (κ3) is 2.87. The standard InChI is InChI=1S/C7H6O3.C7H10/c8-6-4-2-1-3-5(6)7(9)10;1-2-7-4-3-6(1)5-7/h1-4,8H,(H,9,10);1-2,6-7H,3-5H2. The van der Waals surface area contributed by atoms with Crippen LogP contribution in [0.3, 0.4) is 0 Å². The van der Waals surface area contributed by atoms with Crippen LogP contribution in [0.25, 0.3) is 0 Å². The van der Waals surface area contributed by atoms with Crippen molar-refractivity contribution in [2.75, 3.05) is 0 Å².